The van der Waals surface area contributed by atoms with E-state index >= 15 is 0 Å². The molecule has 0 radical (unpaired) electrons. The Balaban J connectivity index is 1.95. The molecule has 2 heterocycles. The van der Waals surface area contributed by atoms with E-state index in [0.717, 1.165) is 32.7 Å². The third-order valence-electron chi connectivity index (χ3n) is 3.64. The van der Waals surface area contributed by atoms with Gasteiger partial charge in [0, 0.05) is 32.2 Å². The monoisotopic (exact) mass is 262 g/mol. The zero-order valence-corrected chi connectivity index (χ0v) is 11.4. The lowest BCUT2D eigenvalue weighted by Gasteiger charge is -2.32. The van der Waals surface area contributed by atoms with Crippen LogP contribution in [0.4, 0.5) is 0 Å². The van der Waals surface area contributed by atoms with E-state index in [-0.39, 0.29) is 5.25 Å². The van der Waals surface area contributed by atoms with Gasteiger partial charge >= 0.3 is 0 Å². The minimum Gasteiger partial charge on any atom is -0.379 e. The Kier molecular flexibility index (Phi) is 4.07. The molecule has 2 aliphatic rings. The van der Waals surface area contributed by atoms with Crippen LogP contribution in [0.5, 0.6) is 0 Å². The molecule has 0 spiro atoms. The number of ether oxygens (including phenoxy) is 1. The number of hydrogen-bond donors (Lipinski definition) is 0. The lowest BCUT2D eigenvalue weighted by Crippen LogP contribution is -2.45. The van der Waals surface area contributed by atoms with Crippen LogP contribution < -0.4 is 0 Å². The van der Waals surface area contributed by atoms with Crippen LogP contribution in [0.15, 0.2) is 0 Å². The molecule has 2 fully saturated rings. The predicted octanol–water partition coefficient (Wildman–Crippen LogP) is 0.131. The lowest BCUT2D eigenvalue weighted by atomic mass is 10.2. The Bertz CT molecular complexity index is 350. The van der Waals surface area contributed by atoms with Gasteiger partial charge in [-0.05, 0) is 20.3 Å². The topological polar surface area (TPSA) is 49.9 Å². The van der Waals surface area contributed by atoms with Gasteiger partial charge in [0.15, 0.2) is 0 Å². The van der Waals surface area contributed by atoms with Gasteiger partial charge in [0.25, 0.3) is 0 Å². The van der Waals surface area contributed by atoms with E-state index in [1.54, 1.807) is 18.2 Å². The van der Waals surface area contributed by atoms with Crippen molar-refractivity contribution < 1.29 is 13.2 Å². The summed E-state index contributed by atoms with van der Waals surface area (Å²) in [6, 6.07) is 0.382. The van der Waals surface area contributed by atoms with E-state index in [9.17, 15) is 8.42 Å². The van der Waals surface area contributed by atoms with Crippen molar-refractivity contribution in [3.05, 3.63) is 0 Å². The summed E-state index contributed by atoms with van der Waals surface area (Å²) in [5, 5.41) is -0.314. The zero-order valence-electron chi connectivity index (χ0n) is 10.6. The summed E-state index contributed by atoms with van der Waals surface area (Å²) in [5.74, 6) is 0. The lowest BCUT2D eigenvalue weighted by molar-refractivity contribution is 0.0196. The summed E-state index contributed by atoms with van der Waals surface area (Å²) >= 11 is 0. The number of rotatable bonds is 3. The largest absolute Gasteiger partial charge is 0.379 e. The fourth-order valence-electron chi connectivity index (χ4n) is 2.48. The van der Waals surface area contributed by atoms with Gasteiger partial charge in [0.05, 0.1) is 18.5 Å². The third-order valence-corrected chi connectivity index (χ3v) is 5.89. The molecule has 0 aromatic rings. The van der Waals surface area contributed by atoms with Crippen LogP contribution in [-0.4, -0.2) is 68.3 Å². The van der Waals surface area contributed by atoms with E-state index in [1.807, 2.05) is 0 Å². The van der Waals surface area contributed by atoms with E-state index in [0.29, 0.717) is 19.1 Å². The van der Waals surface area contributed by atoms with Gasteiger partial charge < -0.3 is 4.74 Å². The molecular weight excluding hydrogens is 240 g/mol. The predicted molar refractivity (Wildman–Crippen MR) is 66.4 cm³/mol. The van der Waals surface area contributed by atoms with Crippen LogP contribution in [0.3, 0.4) is 0 Å². The number of hydrogen-bond acceptors (Lipinski definition) is 4. The maximum Gasteiger partial charge on any atom is 0.216 e. The molecule has 0 N–H and O–H groups in total. The summed E-state index contributed by atoms with van der Waals surface area (Å²) in [6.45, 7) is 8.22. The molecule has 0 amide bonds. The van der Waals surface area contributed by atoms with E-state index < -0.39 is 10.0 Å². The summed E-state index contributed by atoms with van der Waals surface area (Å²) in [6.07, 6.45) is 0.950. The second kappa shape index (κ2) is 5.22. The van der Waals surface area contributed by atoms with Crippen LogP contribution >= 0.6 is 0 Å². The van der Waals surface area contributed by atoms with Gasteiger partial charge in [0.1, 0.15) is 0 Å². The highest BCUT2D eigenvalue weighted by Gasteiger charge is 2.35. The van der Waals surface area contributed by atoms with Gasteiger partial charge in [0.2, 0.25) is 10.0 Å². The molecular formula is C11H22N2O3S. The summed E-state index contributed by atoms with van der Waals surface area (Å²) in [4.78, 5) is 2.36. The quantitative estimate of drug-likeness (QED) is 0.725. The Labute approximate surface area is 104 Å². The summed E-state index contributed by atoms with van der Waals surface area (Å²) in [7, 11) is -3.07. The number of sulfonamides is 1. The fraction of sp³-hybridized carbons (Fsp3) is 1.00. The van der Waals surface area contributed by atoms with Crippen LogP contribution in [0, 0.1) is 0 Å². The average molecular weight is 262 g/mol. The molecule has 2 saturated heterocycles. The normalized spacial score (nSPS) is 29.0. The van der Waals surface area contributed by atoms with Gasteiger partial charge in [-0.1, -0.05) is 0 Å². The second-order valence-electron chi connectivity index (χ2n) is 5.04. The molecule has 0 bridgehead atoms. The van der Waals surface area contributed by atoms with Gasteiger partial charge in [-0.15, -0.1) is 0 Å². The third kappa shape index (κ3) is 2.81. The maximum atomic E-state index is 12.0. The molecule has 0 aliphatic carbocycles. The molecule has 0 aromatic carbocycles. The van der Waals surface area contributed by atoms with Crippen molar-refractivity contribution in [3.63, 3.8) is 0 Å². The van der Waals surface area contributed by atoms with Crippen molar-refractivity contribution in [3.8, 4) is 0 Å². The molecule has 2 rings (SSSR count). The van der Waals surface area contributed by atoms with Crippen molar-refractivity contribution in [1.82, 2.24) is 9.21 Å². The van der Waals surface area contributed by atoms with Crippen molar-refractivity contribution in [2.24, 2.45) is 0 Å². The van der Waals surface area contributed by atoms with Crippen molar-refractivity contribution >= 4 is 10.0 Å². The number of nitrogens with zero attached hydrogens (tertiary/aromatic N) is 2. The molecule has 0 saturated carbocycles. The van der Waals surface area contributed by atoms with Crippen LogP contribution in [-0.2, 0) is 14.8 Å². The van der Waals surface area contributed by atoms with Gasteiger partial charge in [-0.25, -0.2) is 12.7 Å². The van der Waals surface area contributed by atoms with E-state index in [2.05, 4.69) is 4.90 Å². The number of morpholine rings is 1. The zero-order chi connectivity index (χ0) is 12.5. The van der Waals surface area contributed by atoms with Crippen molar-refractivity contribution in [2.45, 2.75) is 31.6 Å². The molecule has 5 nitrogen and oxygen atoms in total. The standard InChI is InChI=1S/C11H22N2O3S/c1-10(2)17(14,15)13-4-3-11(9-13)12-5-7-16-8-6-12/h10-11H,3-9H2,1-2H3. The first-order chi connectivity index (χ1) is 8.01. The van der Waals surface area contributed by atoms with Crippen LogP contribution in [0.25, 0.3) is 0 Å². The SMILES string of the molecule is CC(C)S(=O)(=O)N1CCC(N2CCOCC2)C1. The second-order valence-corrected chi connectivity index (χ2v) is 7.53. The van der Waals surface area contributed by atoms with Gasteiger partial charge in [-0.2, -0.15) is 0 Å². The minimum atomic E-state index is -3.07. The van der Waals surface area contributed by atoms with Crippen LogP contribution in [0.2, 0.25) is 0 Å². The first kappa shape index (κ1) is 13.3. The minimum absolute atomic E-state index is 0.314. The summed E-state index contributed by atoms with van der Waals surface area (Å²) in [5.41, 5.74) is 0. The molecule has 1 atom stereocenters. The van der Waals surface area contributed by atoms with E-state index in [4.69, 9.17) is 4.74 Å². The first-order valence-corrected chi connectivity index (χ1v) is 7.83. The van der Waals surface area contributed by atoms with Crippen LogP contribution in [0.1, 0.15) is 20.3 Å². The molecule has 6 heteroatoms. The van der Waals surface area contributed by atoms with E-state index in [1.165, 1.54) is 0 Å². The van der Waals surface area contributed by atoms with Gasteiger partial charge in [-0.3, -0.25) is 4.90 Å². The highest BCUT2D eigenvalue weighted by atomic mass is 32.2. The highest BCUT2D eigenvalue weighted by Crippen LogP contribution is 2.21. The molecule has 0 aromatic heterocycles. The molecule has 2 aliphatic heterocycles. The Morgan fingerprint density at radius 2 is 1.82 bits per heavy atom. The maximum absolute atomic E-state index is 12.0. The smallest absolute Gasteiger partial charge is 0.216 e. The summed E-state index contributed by atoms with van der Waals surface area (Å²) < 4.78 is 31.1. The Hall–Kier alpha value is -0.170. The highest BCUT2D eigenvalue weighted by molar-refractivity contribution is 7.89. The average Bonchev–Trinajstić information content (AvgIpc) is 2.80. The Morgan fingerprint density at radius 3 is 2.41 bits per heavy atom. The van der Waals surface area contributed by atoms with Crippen molar-refractivity contribution in [2.75, 3.05) is 39.4 Å². The molecule has 17 heavy (non-hydrogen) atoms. The van der Waals surface area contributed by atoms with Crippen molar-refractivity contribution in [1.29, 1.82) is 0 Å². The molecule has 1 unspecified atom stereocenters. The first-order valence-electron chi connectivity index (χ1n) is 6.32. The molecule has 100 valence electrons. The Morgan fingerprint density at radius 1 is 1.18 bits per heavy atom. The fourth-order valence-corrected chi connectivity index (χ4v) is 3.82.